The van der Waals surface area contributed by atoms with E-state index in [9.17, 15) is 9.18 Å². The van der Waals surface area contributed by atoms with Crippen LogP contribution < -0.4 is 10.6 Å². The largest absolute Gasteiger partial charge is 0.374 e. The van der Waals surface area contributed by atoms with Gasteiger partial charge >= 0.3 is 0 Å². The second kappa shape index (κ2) is 7.35. The van der Waals surface area contributed by atoms with Crippen molar-refractivity contribution in [1.82, 2.24) is 10.1 Å². The summed E-state index contributed by atoms with van der Waals surface area (Å²) in [5.74, 6) is 0.310. The number of nitrogens with zero attached hydrogens (tertiary/aromatic N) is 2. The Morgan fingerprint density at radius 1 is 1.15 bits per heavy atom. The third-order valence-electron chi connectivity index (χ3n) is 3.83. The fraction of sp³-hybridized carbons (Fsp3) is 0.211. The molecular formula is C19H19FN4O2. The molecule has 7 heteroatoms. The van der Waals surface area contributed by atoms with Crippen LogP contribution in [0.2, 0.25) is 0 Å². The summed E-state index contributed by atoms with van der Waals surface area (Å²) in [4.78, 5) is 15.4. The molecule has 2 aromatic carbocycles. The maximum atomic E-state index is 13.7. The fourth-order valence-electron chi connectivity index (χ4n) is 2.43. The van der Waals surface area contributed by atoms with E-state index in [1.807, 2.05) is 19.1 Å². The molecule has 1 atom stereocenters. The van der Waals surface area contributed by atoms with Crippen molar-refractivity contribution in [2.45, 2.75) is 26.8 Å². The van der Waals surface area contributed by atoms with Gasteiger partial charge in [-0.1, -0.05) is 17.3 Å². The van der Waals surface area contributed by atoms with Crippen molar-refractivity contribution in [2.24, 2.45) is 0 Å². The molecule has 1 unspecified atom stereocenters. The van der Waals surface area contributed by atoms with Crippen LogP contribution in [0.5, 0.6) is 0 Å². The molecule has 26 heavy (non-hydrogen) atoms. The smallest absolute Gasteiger partial charge is 0.249 e. The van der Waals surface area contributed by atoms with E-state index in [0.29, 0.717) is 22.8 Å². The van der Waals surface area contributed by atoms with Crippen molar-refractivity contribution in [1.29, 1.82) is 0 Å². The van der Waals surface area contributed by atoms with Crippen LogP contribution in [0, 0.1) is 12.7 Å². The van der Waals surface area contributed by atoms with Crippen molar-refractivity contribution in [2.75, 3.05) is 10.6 Å². The van der Waals surface area contributed by atoms with E-state index in [0.717, 1.165) is 11.4 Å². The Balaban J connectivity index is 1.70. The van der Waals surface area contributed by atoms with Crippen LogP contribution in [0.1, 0.15) is 31.3 Å². The first-order chi connectivity index (χ1) is 12.4. The standard InChI is InChI=1S/C19H19FN4O2/c1-11-4-5-14(10-17(11)20)18-23-19(26-24-18)12(2)21-15-6-8-16(9-7-15)22-13(3)25/h4-10,12,21H,1-3H3,(H,22,25). The van der Waals surface area contributed by atoms with Crippen molar-refractivity contribution in [3.8, 4) is 11.4 Å². The number of aromatic nitrogens is 2. The number of hydrogen-bond donors (Lipinski definition) is 2. The molecule has 134 valence electrons. The molecule has 0 spiro atoms. The molecule has 6 nitrogen and oxygen atoms in total. The Hall–Kier alpha value is -3.22. The molecule has 0 saturated heterocycles. The molecular weight excluding hydrogens is 335 g/mol. The molecule has 1 aromatic heterocycles. The molecule has 1 amide bonds. The van der Waals surface area contributed by atoms with E-state index in [2.05, 4.69) is 20.8 Å². The zero-order valence-electron chi connectivity index (χ0n) is 14.7. The third kappa shape index (κ3) is 4.05. The first-order valence-corrected chi connectivity index (χ1v) is 8.16. The van der Waals surface area contributed by atoms with E-state index in [-0.39, 0.29) is 17.8 Å². The van der Waals surface area contributed by atoms with Crippen LogP contribution in [0.4, 0.5) is 15.8 Å². The Labute approximate surface area is 150 Å². The van der Waals surface area contributed by atoms with Gasteiger partial charge in [0.05, 0.1) is 0 Å². The van der Waals surface area contributed by atoms with Gasteiger partial charge in [-0.25, -0.2) is 4.39 Å². The SMILES string of the molecule is CC(=O)Nc1ccc(NC(C)c2nc(-c3ccc(C)c(F)c3)no2)cc1. The number of carbonyl (C=O) groups is 1. The van der Waals surface area contributed by atoms with Gasteiger partial charge in [-0.15, -0.1) is 0 Å². The van der Waals surface area contributed by atoms with Crippen LogP contribution in [0.25, 0.3) is 11.4 Å². The number of benzene rings is 2. The first kappa shape index (κ1) is 17.6. The molecule has 0 aliphatic rings. The van der Waals surface area contributed by atoms with Gasteiger partial charge in [0, 0.05) is 23.9 Å². The van der Waals surface area contributed by atoms with E-state index in [4.69, 9.17) is 4.52 Å². The third-order valence-corrected chi connectivity index (χ3v) is 3.83. The lowest BCUT2D eigenvalue weighted by atomic mass is 10.1. The Morgan fingerprint density at radius 3 is 2.50 bits per heavy atom. The molecule has 2 N–H and O–H groups in total. The lowest BCUT2D eigenvalue weighted by molar-refractivity contribution is -0.114. The molecule has 3 aromatic rings. The number of hydrogen-bond acceptors (Lipinski definition) is 5. The monoisotopic (exact) mass is 354 g/mol. The molecule has 0 fully saturated rings. The average molecular weight is 354 g/mol. The molecule has 0 radical (unpaired) electrons. The first-order valence-electron chi connectivity index (χ1n) is 8.16. The van der Waals surface area contributed by atoms with Crippen molar-refractivity contribution >= 4 is 17.3 Å². The van der Waals surface area contributed by atoms with E-state index < -0.39 is 0 Å². The second-order valence-electron chi connectivity index (χ2n) is 6.04. The number of nitrogens with one attached hydrogen (secondary N) is 2. The van der Waals surface area contributed by atoms with Gasteiger partial charge in [0.1, 0.15) is 11.9 Å². The lowest BCUT2D eigenvalue weighted by Gasteiger charge is -2.11. The van der Waals surface area contributed by atoms with E-state index in [1.165, 1.54) is 13.0 Å². The quantitative estimate of drug-likeness (QED) is 0.713. The van der Waals surface area contributed by atoms with Crippen LogP contribution in [0.3, 0.4) is 0 Å². The Morgan fingerprint density at radius 2 is 1.85 bits per heavy atom. The van der Waals surface area contributed by atoms with Gasteiger partial charge < -0.3 is 15.2 Å². The summed E-state index contributed by atoms with van der Waals surface area (Å²) in [6.07, 6.45) is 0. The number of halogens is 1. The molecule has 0 aliphatic heterocycles. The number of anilines is 2. The van der Waals surface area contributed by atoms with Gasteiger partial charge in [0.25, 0.3) is 0 Å². The molecule has 1 heterocycles. The minimum atomic E-state index is -0.306. The highest BCUT2D eigenvalue weighted by atomic mass is 19.1. The number of carbonyl (C=O) groups excluding carboxylic acids is 1. The molecule has 0 aliphatic carbocycles. The summed E-state index contributed by atoms with van der Waals surface area (Å²) in [7, 11) is 0. The summed E-state index contributed by atoms with van der Waals surface area (Å²) in [5, 5.41) is 9.88. The van der Waals surface area contributed by atoms with Crippen LogP contribution in [-0.4, -0.2) is 16.0 Å². The number of rotatable bonds is 5. The van der Waals surface area contributed by atoms with Gasteiger partial charge in [0.2, 0.25) is 17.6 Å². The highest BCUT2D eigenvalue weighted by molar-refractivity contribution is 5.88. The van der Waals surface area contributed by atoms with Crippen molar-refractivity contribution in [3.05, 3.63) is 59.7 Å². The summed E-state index contributed by atoms with van der Waals surface area (Å²) < 4.78 is 19.0. The summed E-state index contributed by atoms with van der Waals surface area (Å²) in [6, 6.07) is 11.9. The van der Waals surface area contributed by atoms with Gasteiger partial charge in [0.15, 0.2) is 0 Å². The molecule has 0 saturated carbocycles. The number of aryl methyl sites for hydroxylation is 1. The summed E-state index contributed by atoms with van der Waals surface area (Å²) >= 11 is 0. The fourth-order valence-corrected chi connectivity index (χ4v) is 2.43. The van der Waals surface area contributed by atoms with Crippen LogP contribution >= 0.6 is 0 Å². The topological polar surface area (TPSA) is 80.0 Å². The average Bonchev–Trinajstić information content (AvgIpc) is 3.09. The zero-order valence-corrected chi connectivity index (χ0v) is 14.7. The maximum Gasteiger partial charge on any atom is 0.249 e. The Bertz CT molecular complexity index is 922. The predicted molar refractivity (Wildman–Crippen MR) is 97.2 cm³/mol. The lowest BCUT2D eigenvalue weighted by Crippen LogP contribution is -2.08. The van der Waals surface area contributed by atoms with Crippen molar-refractivity contribution in [3.63, 3.8) is 0 Å². The van der Waals surface area contributed by atoms with Crippen LogP contribution in [0.15, 0.2) is 47.0 Å². The summed E-state index contributed by atoms with van der Waals surface area (Å²) in [5.41, 5.74) is 2.69. The molecule has 3 rings (SSSR count). The van der Waals surface area contributed by atoms with E-state index in [1.54, 1.807) is 31.2 Å². The van der Waals surface area contributed by atoms with Crippen LogP contribution in [-0.2, 0) is 4.79 Å². The second-order valence-corrected chi connectivity index (χ2v) is 6.04. The number of amides is 1. The highest BCUT2D eigenvalue weighted by Gasteiger charge is 2.16. The minimum absolute atomic E-state index is 0.120. The van der Waals surface area contributed by atoms with Gasteiger partial charge in [-0.2, -0.15) is 4.98 Å². The highest BCUT2D eigenvalue weighted by Crippen LogP contribution is 2.23. The molecule has 0 bridgehead atoms. The van der Waals surface area contributed by atoms with Crippen molar-refractivity contribution < 1.29 is 13.7 Å². The minimum Gasteiger partial charge on any atom is -0.374 e. The zero-order chi connectivity index (χ0) is 18.7. The summed E-state index contributed by atoms with van der Waals surface area (Å²) in [6.45, 7) is 5.04. The maximum absolute atomic E-state index is 13.7. The van der Waals surface area contributed by atoms with Gasteiger partial charge in [-0.3, -0.25) is 4.79 Å². The predicted octanol–water partition coefficient (Wildman–Crippen LogP) is 4.32. The normalized spacial score (nSPS) is 11.8. The Kier molecular flexibility index (Phi) is 4.97. The van der Waals surface area contributed by atoms with Gasteiger partial charge in [-0.05, 0) is 49.7 Å². The van der Waals surface area contributed by atoms with E-state index >= 15 is 0 Å².